The number of ether oxygens (including phenoxy) is 1. The van der Waals surface area contributed by atoms with Crippen molar-refractivity contribution in [2.45, 2.75) is 45.4 Å². The van der Waals surface area contributed by atoms with Crippen molar-refractivity contribution < 1.29 is 9.53 Å². The minimum atomic E-state index is 0.0112. The van der Waals surface area contributed by atoms with Crippen molar-refractivity contribution in [3.63, 3.8) is 0 Å². The topological polar surface area (TPSA) is 38.3 Å². The summed E-state index contributed by atoms with van der Waals surface area (Å²) < 4.78 is 5.19. The number of nitrogens with one attached hydrogen (secondary N) is 1. The number of halogens is 1. The van der Waals surface area contributed by atoms with Gasteiger partial charge in [-0.05, 0) is 24.6 Å². The van der Waals surface area contributed by atoms with Gasteiger partial charge in [-0.15, -0.1) is 0 Å². The minimum absolute atomic E-state index is 0.0112. The maximum Gasteiger partial charge on any atom is 0.224 e. The first kappa shape index (κ1) is 15.8. The molecule has 0 heterocycles. The molecule has 1 aromatic rings. The van der Waals surface area contributed by atoms with Gasteiger partial charge in [-0.2, -0.15) is 0 Å². The number of unbranched alkanes of at least 4 members (excludes halogenated alkanes) is 4. The van der Waals surface area contributed by atoms with Crippen LogP contribution in [0.5, 0.6) is 5.75 Å². The first-order valence-corrected chi connectivity index (χ1v) is 7.18. The Morgan fingerprint density at radius 1 is 1.26 bits per heavy atom. The fourth-order valence-corrected chi connectivity index (χ4v) is 2.05. The Labute approximate surface area is 120 Å². The van der Waals surface area contributed by atoms with Crippen LogP contribution in [0.25, 0.3) is 0 Å². The third-order valence-electron chi connectivity index (χ3n) is 2.94. The van der Waals surface area contributed by atoms with E-state index >= 15 is 0 Å². The summed E-state index contributed by atoms with van der Waals surface area (Å²) in [5, 5.41) is 3.43. The van der Waals surface area contributed by atoms with Crippen LogP contribution in [-0.4, -0.2) is 13.0 Å². The molecule has 1 amide bonds. The number of hydrogen-bond acceptors (Lipinski definition) is 2. The van der Waals surface area contributed by atoms with Crippen LogP contribution in [-0.2, 0) is 4.79 Å². The second-order valence-corrected chi connectivity index (χ2v) is 4.99. The molecule has 0 unspecified atom stereocenters. The molecule has 1 rings (SSSR count). The maximum absolute atomic E-state index is 11.8. The average molecular weight is 284 g/mol. The molecule has 1 aromatic carbocycles. The Balaban J connectivity index is 2.41. The molecular formula is C15H22ClNO2. The van der Waals surface area contributed by atoms with E-state index in [1.54, 1.807) is 25.3 Å². The summed E-state index contributed by atoms with van der Waals surface area (Å²) >= 11 is 5.91. The van der Waals surface area contributed by atoms with E-state index in [9.17, 15) is 4.79 Å². The fraction of sp³-hybridized carbons (Fsp3) is 0.533. The van der Waals surface area contributed by atoms with E-state index in [2.05, 4.69) is 12.2 Å². The molecule has 0 aliphatic rings. The molecular weight excluding hydrogens is 262 g/mol. The average Bonchev–Trinajstić information content (AvgIpc) is 2.39. The molecule has 0 aromatic heterocycles. The highest BCUT2D eigenvalue weighted by Gasteiger charge is 2.08. The highest BCUT2D eigenvalue weighted by atomic mass is 35.5. The lowest BCUT2D eigenvalue weighted by atomic mass is 10.1. The van der Waals surface area contributed by atoms with E-state index in [4.69, 9.17) is 16.3 Å². The molecule has 1 N–H and O–H groups in total. The lowest BCUT2D eigenvalue weighted by Gasteiger charge is -2.10. The number of hydrogen-bond donors (Lipinski definition) is 1. The number of carbonyl (C=O) groups is 1. The second-order valence-electron chi connectivity index (χ2n) is 4.56. The van der Waals surface area contributed by atoms with Gasteiger partial charge in [-0.25, -0.2) is 0 Å². The highest BCUT2D eigenvalue weighted by molar-refractivity contribution is 6.31. The van der Waals surface area contributed by atoms with E-state index in [1.165, 1.54) is 19.3 Å². The number of amides is 1. The Hall–Kier alpha value is -1.22. The van der Waals surface area contributed by atoms with Crippen molar-refractivity contribution in [3.05, 3.63) is 23.2 Å². The Kier molecular flexibility index (Phi) is 7.34. The van der Waals surface area contributed by atoms with Crippen molar-refractivity contribution in [2.75, 3.05) is 12.4 Å². The van der Waals surface area contributed by atoms with Gasteiger partial charge in [0, 0.05) is 11.4 Å². The van der Waals surface area contributed by atoms with Gasteiger partial charge in [0.15, 0.2) is 0 Å². The van der Waals surface area contributed by atoms with E-state index < -0.39 is 0 Å². The molecule has 0 spiro atoms. The Morgan fingerprint density at radius 3 is 2.68 bits per heavy atom. The van der Waals surface area contributed by atoms with Gasteiger partial charge in [-0.3, -0.25) is 4.79 Å². The first-order valence-electron chi connectivity index (χ1n) is 6.80. The molecule has 0 aliphatic carbocycles. The van der Waals surface area contributed by atoms with Gasteiger partial charge < -0.3 is 10.1 Å². The molecule has 0 bridgehead atoms. The summed E-state index contributed by atoms with van der Waals surface area (Å²) in [6.07, 6.45) is 6.22. The van der Waals surface area contributed by atoms with Crippen molar-refractivity contribution in [1.29, 1.82) is 0 Å². The van der Waals surface area contributed by atoms with E-state index in [-0.39, 0.29) is 5.91 Å². The summed E-state index contributed by atoms with van der Waals surface area (Å²) in [5.41, 5.74) is 0.633. The maximum atomic E-state index is 11.8. The summed E-state index contributed by atoms with van der Waals surface area (Å²) in [6, 6.07) is 5.19. The number of rotatable bonds is 8. The Morgan fingerprint density at radius 2 is 2.00 bits per heavy atom. The number of anilines is 1. The third kappa shape index (κ3) is 5.97. The molecule has 0 saturated carbocycles. The van der Waals surface area contributed by atoms with E-state index in [0.29, 0.717) is 22.9 Å². The van der Waals surface area contributed by atoms with Crippen LogP contribution < -0.4 is 10.1 Å². The van der Waals surface area contributed by atoms with Gasteiger partial charge in [0.1, 0.15) is 5.75 Å². The predicted octanol–water partition coefficient (Wildman–Crippen LogP) is 4.65. The number of methoxy groups -OCH3 is 1. The Bertz CT molecular complexity index is 407. The van der Waals surface area contributed by atoms with Crippen LogP contribution in [0.15, 0.2) is 18.2 Å². The fourth-order valence-electron chi connectivity index (χ4n) is 1.88. The lowest BCUT2D eigenvalue weighted by Crippen LogP contribution is -2.11. The van der Waals surface area contributed by atoms with Crippen LogP contribution in [0.1, 0.15) is 45.4 Å². The standard InChI is InChI=1S/C15H22ClNO2/c1-3-4-5-6-7-8-15(18)17-13-11-12(16)9-10-14(13)19-2/h9-11H,3-8H2,1-2H3,(H,17,18). The smallest absolute Gasteiger partial charge is 0.224 e. The second kappa shape index (κ2) is 8.81. The third-order valence-corrected chi connectivity index (χ3v) is 3.18. The number of carbonyl (C=O) groups excluding carboxylic acids is 1. The molecule has 0 aliphatic heterocycles. The van der Waals surface area contributed by atoms with Crippen LogP contribution in [0.2, 0.25) is 5.02 Å². The molecule has 4 heteroatoms. The zero-order valence-corrected chi connectivity index (χ0v) is 12.4. The zero-order chi connectivity index (χ0) is 14.1. The zero-order valence-electron chi connectivity index (χ0n) is 11.7. The normalized spacial score (nSPS) is 10.3. The molecule has 19 heavy (non-hydrogen) atoms. The lowest BCUT2D eigenvalue weighted by molar-refractivity contribution is -0.116. The summed E-state index contributed by atoms with van der Waals surface area (Å²) in [5.74, 6) is 0.640. The van der Waals surface area contributed by atoms with Gasteiger partial charge in [0.05, 0.1) is 12.8 Å². The van der Waals surface area contributed by atoms with Gasteiger partial charge in [0.2, 0.25) is 5.91 Å². The molecule has 106 valence electrons. The van der Waals surface area contributed by atoms with Crippen LogP contribution in [0.3, 0.4) is 0 Å². The predicted molar refractivity (Wildman–Crippen MR) is 80.0 cm³/mol. The van der Waals surface area contributed by atoms with Crippen molar-refractivity contribution in [3.8, 4) is 5.75 Å². The molecule has 0 saturated heterocycles. The SMILES string of the molecule is CCCCCCCC(=O)Nc1cc(Cl)ccc1OC. The summed E-state index contributed by atoms with van der Waals surface area (Å²) in [6.45, 7) is 2.18. The first-order chi connectivity index (χ1) is 9.17. The highest BCUT2D eigenvalue weighted by Crippen LogP contribution is 2.27. The minimum Gasteiger partial charge on any atom is -0.495 e. The van der Waals surface area contributed by atoms with Gasteiger partial charge in [0.25, 0.3) is 0 Å². The van der Waals surface area contributed by atoms with Crippen LogP contribution in [0.4, 0.5) is 5.69 Å². The molecule has 0 fully saturated rings. The van der Waals surface area contributed by atoms with Gasteiger partial charge in [-0.1, -0.05) is 44.2 Å². The van der Waals surface area contributed by atoms with Gasteiger partial charge >= 0.3 is 0 Å². The quantitative estimate of drug-likeness (QED) is 0.705. The largest absolute Gasteiger partial charge is 0.495 e. The summed E-state index contributed by atoms with van der Waals surface area (Å²) in [4.78, 5) is 11.8. The van der Waals surface area contributed by atoms with Crippen molar-refractivity contribution >= 4 is 23.2 Å². The molecule has 0 radical (unpaired) electrons. The van der Waals surface area contributed by atoms with Crippen LogP contribution in [0, 0.1) is 0 Å². The molecule has 0 atom stereocenters. The van der Waals surface area contributed by atoms with E-state index in [0.717, 1.165) is 12.8 Å². The van der Waals surface area contributed by atoms with E-state index in [1.807, 2.05) is 0 Å². The van der Waals surface area contributed by atoms with Crippen LogP contribution >= 0.6 is 11.6 Å². The van der Waals surface area contributed by atoms with Crippen molar-refractivity contribution in [2.24, 2.45) is 0 Å². The van der Waals surface area contributed by atoms with Crippen molar-refractivity contribution in [1.82, 2.24) is 0 Å². The summed E-state index contributed by atoms with van der Waals surface area (Å²) in [7, 11) is 1.57. The number of benzene rings is 1. The monoisotopic (exact) mass is 283 g/mol. The molecule has 3 nitrogen and oxygen atoms in total.